The van der Waals surface area contributed by atoms with Crippen molar-refractivity contribution in [3.63, 3.8) is 0 Å². The molecule has 0 unspecified atom stereocenters. The molecule has 1 aromatic heterocycles. The van der Waals surface area contributed by atoms with Crippen LogP contribution in [0, 0.1) is 0 Å². The van der Waals surface area contributed by atoms with E-state index in [1.54, 1.807) is 23.6 Å². The number of methoxy groups -OCH3 is 1. The summed E-state index contributed by atoms with van der Waals surface area (Å²) in [4.78, 5) is 25.2. The number of hydrogen-bond acceptors (Lipinski definition) is 5. The van der Waals surface area contributed by atoms with Gasteiger partial charge in [-0.2, -0.15) is 0 Å². The molecule has 0 aliphatic carbocycles. The van der Waals surface area contributed by atoms with Gasteiger partial charge in [-0.05, 0) is 35.9 Å². The molecule has 1 aromatic carbocycles. The van der Waals surface area contributed by atoms with Gasteiger partial charge in [-0.3, -0.25) is 4.79 Å². The third-order valence-corrected chi connectivity index (χ3v) is 4.65. The summed E-state index contributed by atoms with van der Waals surface area (Å²) in [6.07, 6.45) is 1.92. The summed E-state index contributed by atoms with van der Waals surface area (Å²) in [5.41, 5.74) is 0.785. The number of rotatable bonds is 4. The van der Waals surface area contributed by atoms with E-state index >= 15 is 0 Å². The minimum absolute atomic E-state index is 0.350. The fraction of sp³-hybridized carbons (Fsp3) is 0.143. The quantitative estimate of drug-likeness (QED) is 0.670. The first kappa shape index (κ1) is 15.9. The van der Waals surface area contributed by atoms with Crippen LogP contribution in [0.25, 0.3) is 0 Å². The van der Waals surface area contributed by atoms with E-state index < -0.39 is 5.97 Å². The van der Waals surface area contributed by atoms with Crippen molar-refractivity contribution in [1.82, 2.24) is 0 Å². The minimum Gasteiger partial charge on any atom is -0.465 e. The Balaban J connectivity index is 2.26. The zero-order chi connectivity index (χ0) is 15.4. The molecule has 1 N–H and O–H groups in total. The Kier molecular flexibility index (Phi) is 5.27. The number of ether oxygens (including phenoxy) is 1. The van der Waals surface area contributed by atoms with Gasteiger partial charge in [-0.15, -0.1) is 23.1 Å². The van der Waals surface area contributed by atoms with E-state index in [-0.39, 0.29) is 5.91 Å². The summed E-state index contributed by atoms with van der Waals surface area (Å²) in [6.45, 7) is 0. The van der Waals surface area contributed by atoms with Gasteiger partial charge in [0.2, 0.25) is 0 Å². The van der Waals surface area contributed by atoms with Gasteiger partial charge in [0.05, 0.1) is 23.4 Å². The van der Waals surface area contributed by atoms with Crippen molar-refractivity contribution >= 4 is 52.3 Å². The highest BCUT2D eigenvalue weighted by Crippen LogP contribution is 2.27. The largest absolute Gasteiger partial charge is 0.465 e. The first-order chi connectivity index (χ1) is 10.1. The van der Waals surface area contributed by atoms with Crippen LogP contribution in [0.3, 0.4) is 0 Å². The molecule has 0 saturated heterocycles. The molecule has 0 aliphatic heterocycles. The van der Waals surface area contributed by atoms with Gasteiger partial charge in [0.15, 0.2) is 0 Å². The number of hydrogen-bond donors (Lipinski definition) is 1. The van der Waals surface area contributed by atoms with Crippen molar-refractivity contribution in [2.24, 2.45) is 0 Å². The van der Waals surface area contributed by atoms with Crippen LogP contribution in [0.4, 0.5) is 5.69 Å². The second-order valence-electron chi connectivity index (χ2n) is 3.95. The summed E-state index contributed by atoms with van der Waals surface area (Å²) < 4.78 is 4.67. The molecule has 2 rings (SSSR count). The summed E-state index contributed by atoms with van der Waals surface area (Å²) >= 11 is 8.78. The van der Waals surface area contributed by atoms with Crippen LogP contribution in [-0.2, 0) is 4.74 Å². The number of carbonyl (C=O) groups excluding carboxylic acids is 2. The molecule has 110 valence electrons. The molecule has 1 heterocycles. The average molecular weight is 342 g/mol. The number of halogens is 1. The molecule has 1 amide bonds. The van der Waals surface area contributed by atoms with Crippen molar-refractivity contribution in [3.05, 3.63) is 45.1 Å². The molecule has 0 spiro atoms. The smallest absolute Gasteiger partial charge is 0.350 e. The number of amides is 1. The molecule has 21 heavy (non-hydrogen) atoms. The molecule has 0 atom stereocenters. The van der Waals surface area contributed by atoms with Crippen LogP contribution in [0.1, 0.15) is 20.0 Å². The normalized spacial score (nSPS) is 10.2. The lowest BCUT2D eigenvalue weighted by Crippen LogP contribution is -2.14. The molecule has 0 saturated carbocycles. The number of esters is 1. The maximum Gasteiger partial charge on any atom is 0.350 e. The van der Waals surface area contributed by atoms with Crippen molar-refractivity contribution in [1.29, 1.82) is 0 Å². The Hall–Kier alpha value is -1.50. The fourth-order valence-electron chi connectivity index (χ4n) is 1.65. The molecular weight excluding hydrogens is 330 g/mol. The Morgan fingerprint density at radius 1 is 1.33 bits per heavy atom. The lowest BCUT2D eigenvalue weighted by Gasteiger charge is -2.08. The van der Waals surface area contributed by atoms with E-state index in [1.807, 2.05) is 12.3 Å². The zero-order valence-electron chi connectivity index (χ0n) is 11.3. The van der Waals surface area contributed by atoms with E-state index in [2.05, 4.69) is 10.1 Å². The number of thiophene rings is 1. The van der Waals surface area contributed by atoms with Gasteiger partial charge < -0.3 is 10.1 Å². The zero-order valence-corrected chi connectivity index (χ0v) is 13.7. The lowest BCUT2D eigenvalue weighted by atomic mass is 10.2. The van der Waals surface area contributed by atoms with E-state index in [0.717, 1.165) is 4.90 Å². The maximum atomic E-state index is 12.3. The second kappa shape index (κ2) is 6.98. The highest BCUT2D eigenvalue weighted by Gasteiger charge is 2.18. The van der Waals surface area contributed by atoms with E-state index in [0.29, 0.717) is 21.2 Å². The first-order valence-electron chi connectivity index (χ1n) is 5.87. The number of benzene rings is 1. The van der Waals surface area contributed by atoms with Crippen molar-refractivity contribution in [2.45, 2.75) is 4.90 Å². The maximum absolute atomic E-state index is 12.3. The Morgan fingerprint density at radius 2 is 2.10 bits per heavy atom. The summed E-state index contributed by atoms with van der Waals surface area (Å²) in [7, 11) is 1.30. The molecular formula is C14H12ClNO3S2. The Labute approximate surface area is 135 Å². The number of anilines is 1. The van der Waals surface area contributed by atoms with Gasteiger partial charge in [0.1, 0.15) is 4.88 Å². The summed E-state index contributed by atoms with van der Waals surface area (Å²) in [6, 6.07) is 6.89. The molecule has 0 aliphatic rings. The number of carbonyl (C=O) groups is 2. The minimum atomic E-state index is -0.482. The predicted octanol–water partition coefficient (Wildman–Crippen LogP) is 4.16. The van der Waals surface area contributed by atoms with Crippen LogP contribution in [0.5, 0.6) is 0 Å². The summed E-state index contributed by atoms with van der Waals surface area (Å²) in [5.74, 6) is -0.844. The van der Waals surface area contributed by atoms with Crippen molar-refractivity contribution < 1.29 is 14.3 Å². The monoisotopic (exact) mass is 341 g/mol. The third kappa shape index (κ3) is 3.58. The molecule has 0 bridgehead atoms. The number of thioether (sulfide) groups is 1. The van der Waals surface area contributed by atoms with Crippen molar-refractivity contribution in [2.75, 3.05) is 18.7 Å². The van der Waals surface area contributed by atoms with Crippen molar-refractivity contribution in [3.8, 4) is 0 Å². The van der Waals surface area contributed by atoms with Gasteiger partial charge in [-0.1, -0.05) is 11.6 Å². The Bertz CT molecular complexity index is 685. The Morgan fingerprint density at radius 3 is 2.76 bits per heavy atom. The lowest BCUT2D eigenvalue weighted by molar-refractivity contribution is 0.0607. The predicted molar refractivity (Wildman–Crippen MR) is 86.8 cm³/mol. The highest BCUT2D eigenvalue weighted by atomic mass is 35.5. The topological polar surface area (TPSA) is 55.4 Å². The standard InChI is InChI=1S/C14H12ClNO3S2/c1-19-14(18)12-11(5-6-21-12)16-13(17)9-7-8(20-2)3-4-10(9)15/h3-7H,1-2H3,(H,16,17). The third-order valence-electron chi connectivity index (χ3n) is 2.70. The van der Waals surface area contributed by atoms with Crippen LogP contribution in [0.2, 0.25) is 5.02 Å². The SMILES string of the molecule is COC(=O)c1sccc1NC(=O)c1cc(SC)ccc1Cl. The molecule has 7 heteroatoms. The number of nitrogens with one attached hydrogen (secondary N) is 1. The molecule has 0 fully saturated rings. The van der Waals surface area contributed by atoms with E-state index in [1.165, 1.54) is 30.2 Å². The van der Waals surface area contributed by atoms with E-state index in [9.17, 15) is 9.59 Å². The van der Waals surface area contributed by atoms with E-state index in [4.69, 9.17) is 11.6 Å². The van der Waals surface area contributed by atoms with Gasteiger partial charge in [0, 0.05) is 4.90 Å². The fourth-order valence-corrected chi connectivity index (χ4v) is 3.06. The van der Waals surface area contributed by atoms with Crippen LogP contribution in [-0.4, -0.2) is 25.2 Å². The van der Waals surface area contributed by atoms with Gasteiger partial charge in [0.25, 0.3) is 5.91 Å². The van der Waals surface area contributed by atoms with Crippen LogP contribution < -0.4 is 5.32 Å². The second-order valence-corrected chi connectivity index (χ2v) is 6.16. The van der Waals surface area contributed by atoms with Gasteiger partial charge in [-0.25, -0.2) is 4.79 Å². The first-order valence-corrected chi connectivity index (χ1v) is 8.35. The highest BCUT2D eigenvalue weighted by molar-refractivity contribution is 7.98. The average Bonchev–Trinajstić information content (AvgIpc) is 2.95. The molecule has 4 nitrogen and oxygen atoms in total. The van der Waals surface area contributed by atoms with Crippen LogP contribution >= 0.6 is 34.7 Å². The molecule has 0 radical (unpaired) electrons. The van der Waals surface area contributed by atoms with Crippen LogP contribution in [0.15, 0.2) is 34.5 Å². The summed E-state index contributed by atoms with van der Waals surface area (Å²) in [5, 5.41) is 4.76. The molecule has 2 aromatic rings. The van der Waals surface area contributed by atoms with Gasteiger partial charge >= 0.3 is 5.97 Å².